The van der Waals surface area contributed by atoms with E-state index in [4.69, 9.17) is 4.74 Å². The van der Waals surface area contributed by atoms with E-state index in [0.717, 1.165) is 42.7 Å². The van der Waals surface area contributed by atoms with Crippen LogP contribution in [-0.4, -0.2) is 22.1 Å². The third-order valence-electron chi connectivity index (χ3n) is 4.71. The number of sulfonamides is 1. The second kappa shape index (κ2) is 6.53. The van der Waals surface area contributed by atoms with E-state index in [1.165, 1.54) is 12.1 Å². The molecule has 128 valence electrons. The highest BCUT2D eigenvalue weighted by atomic mass is 32.2. The van der Waals surface area contributed by atoms with Gasteiger partial charge in [0.25, 0.3) is 0 Å². The van der Waals surface area contributed by atoms with Gasteiger partial charge in [-0.1, -0.05) is 24.6 Å². The Bertz CT molecular complexity index is 814. The van der Waals surface area contributed by atoms with Crippen molar-refractivity contribution in [3.63, 3.8) is 0 Å². The highest BCUT2D eigenvalue weighted by Crippen LogP contribution is 2.46. The summed E-state index contributed by atoms with van der Waals surface area (Å²) in [6, 6.07) is 12.6. The van der Waals surface area contributed by atoms with Crippen LogP contribution >= 0.6 is 0 Å². The lowest BCUT2D eigenvalue weighted by molar-refractivity contribution is 0.236. The topological polar surface area (TPSA) is 55.4 Å². The van der Waals surface area contributed by atoms with Gasteiger partial charge in [0.2, 0.25) is 10.0 Å². The fourth-order valence-corrected chi connectivity index (χ4v) is 4.29. The van der Waals surface area contributed by atoms with Crippen LogP contribution in [0.1, 0.15) is 24.8 Å². The Labute approximate surface area is 141 Å². The summed E-state index contributed by atoms with van der Waals surface area (Å²) in [5.74, 6) is 0.316. The summed E-state index contributed by atoms with van der Waals surface area (Å²) >= 11 is 0. The van der Waals surface area contributed by atoms with Gasteiger partial charge in [0.1, 0.15) is 11.6 Å². The van der Waals surface area contributed by atoms with E-state index in [1.807, 2.05) is 24.3 Å². The Morgan fingerprint density at radius 2 is 1.79 bits per heavy atom. The molecule has 0 spiro atoms. The molecule has 2 aromatic carbocycles. The van der Waals surface area contributed by atoms with Gasteiger partial charge in [-0.3, -0.25) is 0 Å². The lowest BCUT2D eigenvalue weighted by Crippen LogP contribution is -2.45. The van der Waals surface area contributed by atoms with E-state index in [2.05, 4.69) is 4.72 Å². The molecule has 1 fully saturated rings. The highest BCUT2D eigenvalue weighted by Gasteiger charge is 2.41. The van der Waals surface area contributed by atoms with Crippen LogP contribution < -0.4 is 9.46 Å². The molecule has 0 radical (unpaired) electrons. The number of nitrogens with one attached hydrogen (secondary N) is 1. The zero-order valence-corrected chi connectivity index (χ0v) is 14.3. The maximum atomic E-state index is 13.0. The average molecular weight is 349 g/mol. The van der Waals surface area contributed by atoms with Gasteiger partial charge >= 0.3 is 0 Å². The van der Waals surface area contributed by atoms with Crippen molar-refractivity contribution in [1.82, 2.24) is 4.72 Å². The smallest absolute Gasteiger partial charge is 0.240 e. The zero-order chi connectivity index (χ0) is 17.2. The minimum absolute atomic E-state index is 0.0680. The van der Waals surface area contributed by atoms with Gasteiger partial charge in [-0.05, 0) is 43.2 Å². The van der Waals surface area contributed by atoms with Crippen molar-refractivity contribution in [2.75, 3.05) is 13.7 Å². The first-order chi connectivity index (χ1) is 11.5. The van der Waals surface area contributed by atoms with Crippen LogP contribution in [0.4, 0.5) is 4.39 Å². The fourth-order valence-electron chi connectivity index (χ4n) is 3.16. The molecule has 0 saturated heterocycles. The molecule has 0 unspecified atom stereocenters. The molecule has 1 aliphatic rings. The number of methoxy groups -OCH3 is 1. The predicted molar refractivity (Wildman–Crippen MR) is 90.1 cm³/mol. The molecule has 0 heterocycles. The number of hydrogen-bond donors (Lipinski definition) is 1. The van der Waals surface area contributed by atoms with E-state index in [0.29, 0.717) is 6.54 Å². The Kier molecular flexibility index (Phi) is 4.60. The van der Waals surface area contributed by atoms with Crippen molar-refractivity contribution in [2.24, 2.45) is 0 Å². The second-order valence-corrected chi connectivity index (χ2v) is 7.88. The van der Waals surface area contributed by atoms with Gasteiger partial charge in [-0.2, -0.15) is 0 Å². The summed E-state index contributed by atoms with van der Waals surface area (Å²) in [7, 11) is -2.05. The van der Waals surface area contributed by atoms with Crippen LogP contribution in [0.3, 0.4) is 0 Å². The molecular weight excluding hydrogens is 329 g/mol. The summed E-state index contributed by atoms with van der Waals surface area (Å²) in [6.45, 7) is 0.299. The molecule has 6 heteroatoms. The van der Waals surface area contributed by atoms with Crippen molar-refractivity contribution in [2.45, 2.75) is 29.6 Å². The first-order valence-corrected chi connectivity index (χ1v) is 9.34. The molecule has 3 rings (SSSR count). The quantitative estimate of drug-likeness (QED) is 0.871. The van der Waals surface area contributed by atoms with Crippen molar-refractivity contribution in [3.8, 4) is 5.75 Å². The molecule has 0 amide bonds. The molecule has 1 N–H and O–H groups in total. The Hall–Kier alpha value is -1.92. The van der Waals surface area contributed by atoms with E-state index in [-0.39, 0.29) is 10.3 Å². The molecule has 1 aliphatic carbocycles. The molecule has 24 heavy (non-hydrogen) atoms. The average Bonchev–Trinajstić information content (AvgIpc) is 2.54. The van der Waals surface area contributed by atoms with Crippen LogP contribution in [0.15, 0.2) is 53.4 Å². The molecule has 0 bridgehead atoms. The lowest BCUT2D eigenvalue weighted by atomic mass is 9.64. The maximum Gasteiger partial charge on any atom is 0.240 e. The highest BCUT2D eigenvalue weighted by molar-refractivity contribution is 7.89. The van der Waals surface area contributed by atoms with E-state index in [9.17, 15) is 12.8 Å². The number of para-hydroxylation sites is 1. The molecular formula is C18H20FNO3S. The SMILES string of the molecule is COc1ccccc1C1(CNS(=O)(=O)c2ccc(F)cc2)CCC1. The predicted octanol–water partition coefficient (Wildman–Crippen LogP) is 3.23. The van der Waals surface area contributed by atoms with Crippen LogP contribution in [-0.2, 0) is 15.4 Å². The summed E-state index contributed by atoms with van der Waals surface area (Å²) in [5.41, 5.74) is 0.778. The summed E-state index contributed by atoms with van der Waals surface area (Å²) in [6.07, 6.45) is 2.86. The number of ether oxygens (including phenoxy) is 1. The van der Waals surface area contributed by atoms with E-state index in [1.54, 1.807) is 7.11 Å². The number of halogens is 1. The van der Waals surface area contributed by atoms with Crippen molar-refractivity contribution in [3.05, 3.63) is 59.9 Å². The van der Waals surface area contributed by atoms with Crippen LogP contribution in [0, 0.1) is 5.82 Å². The van der Waals surface area contributed by atoms with Crippen molar-refractivity contribution < 1.29 is 17.5 Å². The van der Waals surface area contributed by atoms with Crippen LogP contribution in [0.25, 0.3) is 0 Å². The largest absolute Gasteiger partial charge is 0.496 e. The zero-order valence-electron chi connectivity index (χ0n) is 13.5. The summed E-state index contributed by atoms with van der Waals surface area (Å²) < 4.78 is 46.0. The third-order valence-corrected chi connectivity index (χ3v) is 6.13. The second-order valence-electron chi connectivity index (χ2n) is 6.11. The minimum Gasteiger partial charge on any atom is -0.496 e. The van der Waals surface area contributed by atoms with E-state index < -0.39 is 15.8 Å². The van der Waals surface area contributed by atoms with Crippen LogP contribution in [0.5, 0.6) is 5.75 Å². The third kappa shape index (κ3) is 3.16. The molecule has 1 saturated carbocycles. The van der Waals surface area contributed by atoms with Gasteiger partial charge < -0.3 is 4.74 Å². The van der Waals surface area contributed by atoms with Gasteiger partial charge in [0, 0.05) is 17.5 Å². The first kappa shape index (κ1) is 16.9. The van der Waals surface area contributed by atoms with Gasteiger partial charge in [0.05, 0.1) is 12.0 Å². The lowest BCUT2D eigenvalue weighted by Gasteiger charge is -2.43. The van der Waals surface area contributed by atoms with Crippen molar-refractivity contribution in [1.29, 1.82) is 0 Å². The molecule has 4 nitrogen and oxygen atoms in total. The normalized spacial score (nSPS) is 16.4. The molecule has 0 aromatic heterocycles. The molecule has 0 aliphatic heterocycles. The first-order valence-electron chi connectivity index (χ1n) is 7.86. The fraction of sp³-hybridized carbons (Fsp3) is 0.333. The van der Waals surface area contributed by atoms with E-state index >= 15 is 0 Å². The Morgan fingerprint density at radius 1 is 1.12 bits per heavy atom. The Morgan fingerprint density at radius 3 is 2.38 bits per heavy atom. The van der Waals surface area contributed by atoms with Gasteiger partial charge in [0.15, 0.2) is 0 Å². The summed E-state index contributed by atoms with van der Waals surface area (Å²) in [4.78, 5) is 0.0680. The summed E-state index contributed by atoms with van der Waals surface area (Å²) in [5, 5.41) is 0. The number of benzene rings is 2. The minimum atomic E-state index is -3.67. The molecule has 2 aromatic rings. The van der Waals surface area contributed by atoms with Gasteiger partial charge in [-0.25, -0.2) is 17.5 Å². The monoisotopic (exact) mass is 349 g/mol. The number of hydrogen-bond acceptors (Lipinski definition) is 3. The Balaban J connectivity index is 1.82. The van der Waals surface area contributed by atoms with Crippen LogP contribution in [0.2, 0.25) is 0 Å². The number of rotatable bonds is 6. The molecule has 0 atom stereocenters. The standard InChI is InChI=1S/C18H20FNO3S/c1-23-17-6-3-2-5-16(17)18(11-4-12-18)13-20-24(21,22)15-9-7-14(19)8-10-15/h2-3,5-10,20H,4,11-13H2,1H3. The maximum absolute atomic E-state index is 13.0. The van der Waals surface area contributed by atoms with Gasteiger partial charge in [-0.15, -0.1) is 0 Å². The van der Waals surface area contributed by atoms with Crippen molar-refractivity contribution >= 4 is 10.0 Å².